The molecule has 182 valence electrons. The van der Waals surface area contributed by atoms with E-state index >= 15 is 0 Å². The first kappa shape index (κ1) is 24.6. The number of amides is 2. The molecule has 3 aromatic carbocycles. The van der Waals surface area contributed by atoms with Gasteiger partial charge in [0.15, 0.2) is 17.0 Å². The first-order valence-electron chi connectivity index (χ1n) is 11.7. The maximum absolute atomic E-state index is 13.1. The summed E-state index contributed by atoms with van der Waals surface area (Å²) in [6, 6.07) is 19.7. The Kier molecular flexibility index (Phi) is 7.39. The van der Waals surface area contributed by atoms with E-state index in [0.29, 0.717) is 16.6 Å². The van der Waals surface area contributed by atoms with Crippen molar-refractivity contribution in [1.29, 1.82) is 0 Å². The number of ketones is 1. The third kappa shape index (κ3) is 5.58. The smallest absolute Gasteiger partial charge is 0.291 e. The van der Waals surface area contributed by atoms with Gasteiger partial charge >= 0.3 is 0 Å². The number of unbranched alkanes of at least 4 members (excludes halogenated alkanes) is 1. The number of fused-ring (bicyclic) bond motifs is 1. The summed E-state index contributed by atoms with van der Waals surface area (Å²) >= 11 is 0. The van der Waals surface area contributed by atoms with Gasteiger partial charge in [-0.3, -0.25) is 19.2 Å². The van der Waals surface area contributed by atoms with E-state index in [2.05, 4.69) is 17.6 Å². The van der Waals surface area contributed by atoms with Crippen LogP contribution in [0, 0.1) is 0 Å². The summed E-state index contributed by atoms with van der Waals surface area (Å²) in [5.41, 5.74) is 2.31. The van der Waals surface area contributed by atoms with E-state index in [1.54, 1.807) is 24.3 Å². The molecule has 0 saturated carbocycles. The summed E-state index contributed by atoms with van der Waals surface area (Å²) in [6.07, 6.45) is 3.17. The number of anilines is 2. The van der Waals surface area contributed by atoms with Crippen molar-refractivity contribution in [3.05, 3.63) is 105 Å². The minimum Gasteiger partial charge on any atom is -0.451 e. The number of carbonyl (C=O) groups excluding carboxylic acids is 3. The van der Waals surface area contributed by atoms with E-state index in [9.17, 15) is 19.2 Å². The number of Topliss-reactive ketones (excluding diaryl/α,β-unsaturated/α-hetero) is 1. The predicted octanol–water partition coefficient (Wildman–Crippen LogP) is 5.84. The highest BCUT2D eigenvalue weighted by Crippen LogP contribution is 2.22. The molecule has 2 N–H and O–H groups in total. The molecule has 0 spiro atoms. The summed E-state index contributed by atoms with van der Waals surface area (Å²) in [4.78, 5) is 50.4. The number of aryl methyl sites for hydroxylation is 1. The van der Waals surface area contributed by atoms with Crippen molar-refractivity contribution < 1.29 is 18.8 Å². The van der Waals surface area contributed by atoms with Crippen molar-refractivity contribution in [3.8, 4) is 0 Å². The minimum atomic E-state index is -0.715. The molecule has 0 unspecified atom stereocenters. The topological polar surface area (TPSA) is 105 Å². The Morgan fingerprint density at radius 2 is 1.61 bits per heavy atom. The molecule has 0 atom stereocenters. The molecule has 0 saturated heterocycles. The van der Waals surface area contributed by atoms with Gasteiger partial charge in [-0.25, -0.2) is 0 Å². The normalized spacial score (nSPS) is 10.7. The highest BCUT2D eigenvalue weighted by Gasteiger charge is 2.19. The number of carbonyl (C=O) groups is 3. The number of para-hydroxylation sites is 1. The number of nitrogens with one attached hydrogen (secondary N) is 2. The fourth-order valence-corrected chi connectivity index (χ4v) is 3.80. The van der Waals surface area contributed by atoms with Gasteiger partial charge in [-0.1, -0.05) is 43.7 Å². The monoisotopic (exact) mass is 482 g/mol. The Balaban J connectivity index is 1.61. The highest BCUT2D eigenvalue weighted by atomic mass is 16.3. The quantitative estimate of drug-likeness (QED) is 0.307. The van der Waals surface area contributed by atoms with E-state index < -0.39 is 11.8 Å². The average Bonchev–Trinajstić information content (AvgIpc) is 2.88. The summed E-state index contributed by atoms with van der Waals surface area (Å²) in [5.74, 6) is -1.60. The van der Waals surface area contributed by atoms with Crippen LogP contribution in [0.25, 0.3) is 11.0 Å². The molecule has 7 nitrogen and oxygen atoms in total. The maximum atomic E-state index is 13.1. The van der Waals surface area contributed by atoms with Crippen molar-refractivity contribution in [2.24, 2.45) is 0 Å². The van der Waals surface area contributed by atoms with Gasteiger partial charge < -0.3 is 15.1 Å². The Hall–Kier alpha value is -4.52. The Labute approximate surface area is 208 Å². The fourth-order valence-electron chi connectivity index (χ4n) is 3.80. The standard InChI is InChI=1S/C29H26N2O5/c1-3-4-7-19-10-13-21(14-11-19)30-28(34)22-15-12-20(18(2)32)16-24(22)31-29(35)27-17-25(33)23-8-5-6-9-26(23)36-27/h5-6,8-17H,3-4,7H2,1-2H3,(H,30,34)(H,31,35). The zero-order chi connectivity index (χ0) is 25.7. The second-order valence-corrected chi connectivity index (χ2v) is 8.50. The molecule has 1 heterocycles. The average molecular weight is 483 g/mol. The summed E-state index contributed by atoms with van der Waals surface area (Å²) < 4.78 is 5.61. The van der Waals surface area contributed by atoms with E-state index in [4.69, 9.17) is 4.42 Å². The van der Waals surface area contributed by atoms with Crippen LogP contribution in [0.5, 0.6) is 0 Å². The minimum absolute atomic E-state index is 0.126. The molecule has 4 rings (SSSR count). The van der Waals surface area contributed by atoms with E-state index in [-0.39, 0.29) is 33.8 Å². The maximum Gasteiger partial charge on any atom is 0.291 e. The van der Waals surface area contributed by atoms with Crippen LogP contribution in [0.2, 0.25) is 0 Å². The lowest BCUT2D eigenvalue weighted by molar-refractivity contribution is 0.0991. The molecular weight excluding hydrogens is 456 g/mol. The van der Waals surface area contributed by atoms with Crippen molar-refractivity contribution in [2.45, 2.75) is 33.1 Å². The SMILES string of the molecule is CCCCc1ccc(NC(=O)c2ccc(C(C)=O)cc2NC(=O)c2cc(=O)c3ccccc3o2)cc1. The van der Waals surface area contributed by atoms with Crippen molar-refractivity contribution >= 4 is 39.9 Å². The predicted molar refractivity (Wildman–Crippen MR) is 140 cm³/mol. The molecule has 0 aliphatic rings. The molecule has 7 heteroatoms. The van der Waals surface area contributed by atoms with Crippen molar-refractivity contribution in [1.82, 2.24) is 0 Å². The van der Waals surface area contributed by atoms with Crippen molar-refractivity contribution in [3.63, 3.8) is 0 Å². The van der Waals surface area contributed by atoms with Gasteiger partial charge in [-0.15, -0.1) is 0 Å². The zero-order valence-electron chi connectivity index (χ0n) is 20.1. The van der Waals surface area contributed by atoms with Gasteiger partial charge in [0.2, 0.25) is 0 Å². The van der Waals surface area contributed by atoms with Gasteiger partial charge in [-0.05, 0) is 61.7 Å². The second-order valence-electron chi connectivity index (χ2n) is 8.50. The molecule has 0 aliphatic carbocycles. The van der Waals surface area contributed by atoms with Crippen LogP contribution >= 0.6 is 0 Å². The fraction of sp³-hybridized carbons (Fsp3) is 0.172. The Morgan fingerprint density at radius 1 is 0.861 bits per heavy atom. The van der Waals surface area contributed by atoms with Crippen LogP contribution in [0.4, 0.5) is 11.4 Å². The molecular formula is C29H26N2O5. The Bertz CT molecular complexity index is 1500. The first-order valence-corrected chi connectivity index (χ1v) is 11.7. The molecule has 0 bridgehead atoms. The van der Waals surface area contributed by atoms with E-state index in [0.717, 1.165) is 25.3 Å². The first-order chi connectivity index (χ1) is 17.4. The molecule has 0 aliphatic heterocycles. The van der Waals surface area contributed by atoms with Crippen LogP contribution in [-0.4, -0.2) is 17.6 Å². The summed E-state index contributed by atoms with van der Waals surface area (Å²) in [7, 11) is 0. The van der Waals surface area contributed by atoms with E-state index in [1.807, 2.05) is 24.3 Å². The lowest BCUT2D eigenvalue weighted by atomic mass is 10.0. The third-order valence-corrected chi connectivity index (χ3v) is 5.81. The van der Waals surface area contributed by atoms with Crippen LogP contribution in [0.3, 0.4) is 0 Å². The van der Waals surface area contributed by atoms with Gasteiger partial charge in [0.25, 0.3) is 11.8 Å². The van der Waals surface area contributed by atoms with Crippen LogP contribution in [-0.2, 0) is 6.42 Å². The van der Waals surface area contributed by atoms with Crippen LogP contribution < -0.4 is 16.1 Å². The second kappa shape index (κ2) is 10.8. The number of hydrogen-bond acceptors (Lipinski definition) is 5. The lowest BCUT2D eigenvalue weighted by Crippen LogP contribution is -2.20. The molecule has 0 fully saturated rings. The van der Waals surface area contributed by atoms with Gasteiger partial charge in [0, 0.05) is 17.3 Å². The third-order valence-electron chi connectivity index (χ3n) is 5.81. The summed E-state index contributed by atoms with van der Waals surface area (Å²) in [5, 5.41) is 5.81. The van der Waals surface area contributed by atoms with Crippen LogP contribution in [0.1, 0.15) is 63.5 Å². The highest BCUT2D eigenvalue weighted by molar-refractivity contribution is 6.13. The molecule has 0 radical (unpaired) electrons. The molecule has 4 aromatic rings. The molecule has 36 heavy (non-hydrogen) atoms. The van der Waals surface area contributed by atoms with Crippen LogP contribution in [0.15, 0.2) is 82.0 Å². The van der Waals surface area contributed by atoms with Gasteiger partial charge in [0.05, 0.1) is 16.6 Å². The van der Waals surface area contributed by atoms with E-state index in [1.165, 1.54) is 30.7 Å². The number of hydrogen-bond donors (Lipinski definition) is 2. The summed E-state index contributed by atoms with van der Waals surface area (Å²) in [6.45, 7) is 3.53. The van der Waals surface area contributed by atoms with Crippen molar-refractivity contribution in [2.75, 3.05) is 10.6 Å². The molecule has 1 aromatic heterocycles. The molecule has 2 amide bonds. The van der Waals surface area contributed by atoms with Gasteiger partial charge in [0.1, 0.15) is 5.58 Å². The number of benzene rings is 3. The largest absolute Gasteiger partial charge is 0.451 e. The lowest BCUT2D eigenvalue weighted by Gasteiger charge is -2.13. The van der Waals surface area contributed by atoms with Gasteiger partial charge in [-0.2, -0.15) is 0 Å². The zero-order valence-corrected chi connectivity index (χ0v) is 20.1. The Morgan fingerprint density at radius 3 is 2.33 bits per heavy atom. The number of rotatable bonds is 8.